The highest BCUT2D eigenvalue weighted by molar-refractivity contribution is 5.92. The summed E-state index contributed by atoms with van der Waals surface area (Å²) >= 11 is 0. The van der Waals surface area contributed by atoms with Crippen molar-refractivity contribution in [2.24, 2.45) is 0 Å². The monoisotopic (exact) mass is 338 g/mol. The van der Waals surface area contributed by atoms with Crippen molar-refractivity contribution in [1.82, 2.24) is 14.9 Å². The molecular weight excluding hydrogens is 321 g/mol. The summed E-state index contributed by atoms with van der Waals surface area (Å²) in [5.41, 5.74) is 0.295. The van der Waals surface area contributed by atoms with Gasteiger partial charge < -0.3 is 10.2 Å². The molecule has 0 atom stereocenters. The minimum Gasteiger partial charge on any atom is -0.338 e. The number of carbonyl (C=O) groups excluding carboxylic acids is 1. The Morgan fingerprint density at radius 2 is 1.79 bits per heavy atom. The first-order valence-electron chi connectivity index (χ1n) is 7.42. The molecule has 1 amide bonds. The summed E-state index contributed by atoms with van der Waals surface area (Å²) in [5.74, 6) is -4.63. The number of hydrogen-bond acceptors (Lipinski definition) is 4. The van der Waals surface area contributed by atoms with Crippen molar-refractivity contribution >= 4 is 17.5 Å². The zero-order chi connectivity index (χ0) is 17.9. The van der Waals surface area contributed by atoms with Crippen molar-refractivity contribution in [1.29, 1.82) is 0 Å². The number of amides is 1. The van der Waals surface area contributed by atoms with E-state index in [4.69, 9.17) is 0 Å². The van der Waals surface area contributed by atoms with Crippen LogP contribution in [0.5, 0.6) is 0 Å². The molecule has 24 heavy (non-hydrogen) atoms. The lowest BCUT2D eigenvalue weighted by Crippen LogP contribution is -2.31. The van der Waals surface area contributed by atoms with Crippen molar-refractivity contribution in [3.63, 3.8) is 0 Å². The van der Waals surface area contributed by atoms with Crippen LogP contribution in [0.1, 0.15) is 30.0 Å². The number of carbonyl (C=O) groups is 1. The Bertz CT molecular complexity index is 763. The van der Waals surface area contributed by atoms with E-state index in [0.29, 0.717) is 18.8 Å². The fourth-order valence-electron chi connectivity index (χ4n) is 2.15. The topological polar surface area (TPSA) is 58.1 Å². The summed E-state index contributed by atoms with van der Waals surface area (Å²) in [6.07, 6.45) is 0. The highest BCUT2D eigenvalue weighted by Crippen LogP contribution is 2.22. The maximum atomic E-state index is 13.7. The number of hydrogen-bond donors (Lipinski definition) is 1. The number of aryl methyl sites for hydroxylation is 1. The molecule has 0 unspecified atom stereocenters. The first-order chi connectivity index (χ1) is 11.4. The van der Waals surface area contributed by atoms with E-state index in [0.717, 1.165) is 12.1 Å². The summed E-state index contributed by atoms with van der Waals surface area (Å²) < 4.78 is 40.0. The number of aromatic nitrogens is 2. The predicted molar refractivity (Wildman–Crippen MR) is 83.6 cm³/mol. The Hall–Kier alpha value is -2.64. The maximum absolute atomic E-state index is 13.7. The van der Waals surface area contributed by atoms with Crippen LogP contribution in [0.15, 0.2) is 18.2 Å². The molecule has 0 saturated heterocycles. The average molecular weight is 338 g/mol. The summed E-state index contributed by atoms with van der Waals surface area (Å²) in [6, 6.07) is 3.33. The van der Waals surface area contributed by atoms with Crippen LogP contribution in [0.4, 0.5) is 24.8 Å². The quantitative estimate of drug-likeness (QED) is 0.849. The molecule has 0 spiro atoms. The van der Waals surface area contributed by atoms with Gasteiger partial charge in [-0.05, 0) is 39.0 Å². The van der Waals surface area contributed by atoms with Gasteiger partial charge in [-0.2, -0.15) is 0 Å². The molecular formula is C16H17F3N4O. The van der Waals surface area contributed by atoms with E-state index in [2.05, 4.69) is 15.3 Å². The predicted octanol–water partition coefficient (Wildman–Crippen LogP) is 3.43. The van der Waals surface area contributed by atoms with Crippen LogP contribution in [-0.2, 0) is 0 Å². The van der Waals surface area contributed by atoms with Gasteiger partial charge in [-0.1, -0.05) is 0 Å². The summed E-state index contributed by atoms with van der Waals surface area (Å²) in [4.78, 5) is 22.0. The Morgan fingerprint density at radius 1 is 1.12 bits per heavy atom. The van der Waals surface area contributed by atoms with Crippen LogP contribution in [0.25, 0.3) is 0 Å². The smallest absolute Gasteiger partial charge is 0.272 e. The standard InChI is InChI=1S/C16H17F3N4O/c1-4-23(5-2)15(24)12-8-9(3)20-16(22-12)21-11-7-6-10(17)13(18)14(11)19/h6-8H,4-5H2,1-3H3,(H,20,21,22). The Morgan fingerprint density at radius 3 is 2.42 bits per heavy atom. The van der Waals surface area contributed by atoms with Gasteiger partial charge >= 0.3 is 0 Å². The lowest BCUT2D eigenvalue weighted by molar-refractivity contribution is 0.0767. The molecule has 0 saturated carbocycles. The molecule has 0 aliphatic rings. The second-order valence-electron chi connectivity index (χ2n) is 5.04. The summed E-state index contributed by atoms with van der Waals surface area (Å²) in [6.45, 7) is 6.35. The molecule has 0 aliphatic carbocycles. The van der Waals surface area contributed by atoms with Gasteiger partial charge in [0.15, 0.2) is 17.5 Å². The first-order valence-corrected chi connectivity index (χ1v) is 7.42. The van der Waals surface area contributed by atoms with E-state index < -0.39 is 17.5 Å². The van der Waals surface area contributed by atoms with Gasteiger partial charge in [0.05, 0.1) is 5.69 Å². The molecule has 1 N–H and O–H groups in total. The van der Waals surface area contributed by atoms with E-state index in [-0.39, 0.29) is 23.2 Å². The molecule has 128 valence electrons. The van der Waals surface area contributed by atoms with E-state index in [9.17, 15) is 18.0 Å². The Labute approximate surface area is 137 Å². The Kier molecular flexibility index (Phi) is 5.38. The molecule has 1 aromatic heterocycles. The van der Waals surface area contributed by atoms with Crippen molar-refractivity contribution in [2.75, 3.05) is 18.4 Å². The number of anilines is 2. The fourth-order valence-corrected chi connectivity index (χ4v) is 2.15. The minimum atomic E-state index is -1.59. The highest BCUT2D eigenvalue weighted by Gasteiger charge is 2.18. The normalized spacial score (nSPS) is 10.6. The number of rotatable bonds is 5. The lowest BCUT2D eigenvalue weighted by Gasteiger charge is -2.18. The van der Waals surface area contributed by atoms with Crippen LogP contribution < -0.4 is 5.32 Å². The number of halogens is 3. The average Bonchev–Trinajstić information content (AvgIpc) is 2.56. The van der Waals surface area contributed by atoms with Gasteiger partial charge in [0.2, 0.25) is 5.95 Å². The van der Waals surface area contributed by atoms with Crippen molar-refractivity contribution < 1.29 is 18.0 Å². The minimum absolute atomic E-state index is 0.0737. The fraction of sp³-hybridized carbons (Fsp3) is 0.312. The van der Waals surface area contributed by atoms with Gasteiger partial charge in [0.1, 0.15) is 5.69 Å². The third kappa shape index (κ3) is 3.64. The summed E-state index contributed by atoms with van der Waals surface area (Å²) in [5, 5.41) is 2.48. The molecule has 0 fully saturated rings. The molecule has 0 aliphatic heterocycles. The van der Waals surface area contributed by atoms with E-state index in [1.807, 2.05) is 13.8 Å². The van der Waals surface area contributed by atoms with Crippen molar-refractivity contribution in [3.8, 4) is 0 Å². The zero-order valence-electron chi connectivity index (χ0n) is 13.5. The van der Waals surface area contributed by atoms with Crippen LogP contribution in [0, 0.1) is 24.4 Å². The second-order valence-corrected chi connectivity index (χ2v) is 5.04. The number of nitrogens with one attached hydrogen (secondary N) is 1. The molecule has 0 radical (unpaired) electrons. The summed E-state index contributed by atoms with van der Waals surface area (Å²) in [7, 11) is 0. The third-order valence-corrected chi connectivity index (χ3v) is 3.41. The molecule has 8 heteroatoms. The van der Waals surface area contributed by atoms with E-state index in [1.165, 1.54) is 6.07 Å². The van der Waals surface area contributed by atoms with Crippen molar-refractivity contribution in [3.05, 3.63) is 47.0 Å². The van der Waals surface area contributed by atoms with Gasteiger partial charge in [-0.3, -0.25) is 4.79 Å². The Balaban J connectivity index is 2.36. The number of nitrogens with zero attached hydrogens (tertiary/aromatic N) is 3. The van der Waals surface area contributed by atoms with Crippen LogP contribution in [-0.4, -0.2) is 33.9 Å². The lowest BCUT2D eigenvalue weighted by atomic mass is 10.2. The van der Waals surface area contributed by atoms with Crippen LogP contribution in [0.2, 0.25) is 0 Å². The molecule has 1 heterocycles. The van der Waals surface area contributed by atoms with Crippen molar-refractivity contribution in [2.45, 2.75) is 20.8 Å². The maximum Gasteiger partial charge on any atom is 0.272 e. The van der Waals surface area contributed by atoms with E-state index >= 15 is 0 Å². The van der Waals surface area contributed by atoms with Crippen LogP contribution in [0.3, 0.4) is 0 Å². The highest BCUT2D eigenvalue weighted by atomic mass is 19.2. The largest absolute Gasteiger partial charge is 0.338 e. The van der Waals surface area contributed by atoms with Gasteiger partial charge in [-0.25, -0.2) is 23.1 Å². The SMILES string of the molecule is CCN(CC)C(=O)c1cc(C)nc(Nc2ccc(F)c(F)c2F)n1. The van der Waals surface area contributed by atoms with Gasteiger partial charge in [0, 0.05) is 18.8 Å². The zero-order valence-corrected chi connectivity index (χ0v) is 13.5. The van der Waals surface area contributed by atoms with Gasteiger partial charge in [-0.15, -0.1) is 0 Å². The molecule has 2 rings (SSSR count). The molecule has 0 bridgehead atoms. The number of benzene rings is 1. The third-order valence-electron chi connectivity index (χ3n) is 3.41. The first kappa shape index (κ1) is 17.7. The molecule has 2 aromatic rings. The van der Waals surface area contributed by atoms with Crippen LogP contribution >= 0.6 is 0 Å². The van der Waals surface area contributed by atoms with Gasteiger partial charge in [0.25, 0.3) is 5.91 Å². The van der Waals surface area contributed by atoms with E-state index in [1.54, 1.807) is 11.8 Å². The molecule has 5 nitrogen and oxygen atoms in total. The second kappa shape index (κ2) is 7.29. The molecule has 1 aromatic carbocycles.